The summed E-state index contributed by atoms with van der Waals surface area (Å²) in [6, 6.07) is 5.46. The maximum Gasteiger partial charge on any atom is 0.255 e. The van der Waals surface area contributed by atoms with Crippen LogP contribution < -0.4 is 5.32 Å². The number of aromatic nitrogens is 3. The minimum atomic E-state index is -2.99. The number of rotatable bonds is 4. The number of carbonyl (C=O) groups is 1. The molecular weight excluding hydrogens is 328 g/mol. The first-order valence-electron chi connectivity index (χ1n) is 7.81. The van der Waals surface area contributed by atoms with E-state index in [1.54, 1.807) is 11.6 Å². The lowest BCUT2D eigenvalue weighted by atomic mass is 10.2. The van der Waals surface area contributed by atoms with Crippen molar-refractivity contribution in [1.29, 1.82) is 0 Å². The zero-order valence-corrected chi connectivity index (χ0v) is 14.5. The van der Waals surface area contributed by atoms with Crippen LogP contribution in [0.5, 0.6) is 0 Å². The lowest BCUT2D eigenvalue weighted by Gasteiger charge is -2.11. The topological polar surface area (TPSA) is 94.0 Å². The Bertz CT molecular complexity index is 873. The first-order valence-corrected chi connectivity index (χ1v) is 9.63. The molecule has 0 aliphatic carbocycles. The average Bonchev–Trinajstić information content (AvgIpc) is 3.07. The Kier molecular flexibility index (Phi) is 4.40. The molecule has 0 radical (unpaired) electrons. The molecule has 1 N–H and O–H groups in total. The van der Waals surface area contributed by atoms with E-state index in [1.807, 2.05) is 25.1 Å². The highest BCUT2D eigenvalue weighted by molar-refractivity contribution is 7.91. The van der Waals surface area contributed by atoms with Gasteiger partial charge in [0.2, 0.25) is 0 Å². The molecule has 0 spiro atoms. The van der Waals surface area contributed by atoms with Crippen molar-refractivity contribution >= 4 is 15.7 Å². The number of nitrogens with one attached hydrogen (secondary N) is 1. The van der Waals surface area contributed by atoms with Crippen LogP contribution in [0.3, 0.4) is 0 Å². The fourth-order valence-corrected chi connectivity index (χ4v) is 4.64. The van der Waals surface area contributed by atoms with Crippen molar-refractivity contribution in [2.75, 3.05) is 11.5 Å². The third kappa shape index (κ3) is 3.48. The molecule has 0 aromatic carbocycles. The standard InChI is InChI=1S/C16H20N4O3S/c1-11-4-3-5-13(19-11)8-17-16(21)15-9-18-20(12(15)2)14-6-7-24(22,23)10-14/h3-5,9,14H,6-8,10H2,1-2H3,(H,17,21). The van der Waals surface area contributed by atoms with E-state index in [1.165, 1.54) is 6.20 Å². The molecule has 3 heterocycles. The molecule has 0 bridgehead atoms. The summed E-state index contributed by atoms with van der Waals surface area (Å²) in [5.41, 5.74) is 2.84. The zero-order chi connectivity index (χ0) is 17.3. The molecule has 7 nitrogen and oxygen atoms in total. The number of nitrogens with zero attached hydrogens (tertiary/aromatic N) is 3. The van der Waals surface area contributed by atoms with Crippen LogP contribution in [-0.4, -0.2) is 40.6 Å². The molecule has 2 aromatic heterocycles. The van der Waals surface area contributed by atoms with Crippen molar-refractivity contribution in [3.63, 3.8) is 0 Å². The van der Waals surface area contributed by atoms with E-state index >= 15 is 0 Å². The van der Waals surface area contributed by atoms with E-state index in [9.17, 15) is 13.2 Å². The van der Waals surface area contributed by atoms with Crippen molar-refractivity contribution < 1.29 is 13.2 Å². The maximum absolute atomic E-state index is 12.4. The lowest BCUT2D eigenvalue weighted by molar-refractivity contribution is 0.0949. The van der Waals surface area contributed by atoms with Crippen LogP contribution in [0.2, 0.25) is 0 Å². The van der Waals surface area contributed by atoms with E-state index in [4.69, 9.17) is 0 Å². The number of hydrogen-bond donors (Lipinski definition) is 1. The molecule has 1 saturated heterocycles. The van der Waals surface area contributed by atoms with E-state index < -0.39 is 9.84 Å². The molecule has 2 aromatic rings. The summed E-state index contributed by atoms with van der Waals surface area (Å²) in [6.07, 6.45) is 2.04. The Morgan fingerprint density at radius 3 is 2.83 bits per heavy atom. The third-order valence-electron chi connectivity index (χ3n) is 4.22. The normalized spacial score (nSPS) is 19.3. The van der Waals surface area contributed by atoms with E-state index in [0.29, 0.717) is 24.2 Å². The molecule has 0 saturated carbocycles. The van der Waals surface area contributed by atoms with Crippen molar-refractivity contribution in [3.05, 3.63) is 47.0 Å². The molecule has 1 aliphatic rings. The minimum absolute atomic E-state index is 0.0871. The summed E-state index contributed by atoms with van der Waals surface area (Å²) in [6.45, 7) is 4.02. The summed E-state index contributed by atoms with van der Waals surface area (Å²) < 4.78 is 24.9. The molecule has 3 rings (SSSR count). The van der Waals surface area contributed by atoms with E-state index in [-0.39, 0.29) is 23.5 Å². The zero-order valence-electron chi connectivity index (χ0n) is 13.7. The molecule has 1 amide bonds. The van der Waals surface area contributed by atoms with Gasteiger partial charge in [-0.25, -0.2) is 8.42 Å². The van der Waals surface area contributed by atoms with Crippen LogP contribution >= 0.6 is 0 Å². The molecule has 1 fully saturated rings. The van der Waals surface area contributed by atoms with E-state index in [0.717, 1.165) is 11.4 Å². The minimum Gasteiger partial charge on any atom is -0.346 e. The Hall–Kier alpha value is -2.22. The first kappa shape index (κ1) is 16.6. The molecular formula is C16H20N4O3S. The second-order valence-electron chi connectivity index (χ2n) is 6.10. The fraction of sp³-hybridized carbons (Fsp3) is 0.438. The van der Waals surface area contributed by atoms with Crippen LogP contribution in [0.1, 0.15) is 39.9 Å². The predicted octanol–water partition coefficient (Wildman–Crippen LogP) is 1.18. The lowest BCUT2D eigenvalue weighted by Crippen LogP contribution is -2.24. The van der Waals surface area contributed by atoms with Crippen molar-refractivity contribution in [2.24, 2.45) is 0 Å². The highest BCUT2D eigenvalue weighted by Crippen LogP contribution is 2.25. The highest BCUT2D eigenvalue weighted by atomic mass is 32.2. The number of hydrogen-bond acceptors (Lipinski definition) is 5. The van der Waals surface area contributed by atoms with Gasteiger partial charge in [-0.2, -0.15) is 5.10 Å². The molecule has 128 valence electrons. The second-order valence-corrected chi connectivity index (χ2v) is 8.33. The smallest absolute Gasteiger partial charge is 0.255 e. The third-order valence-corrected chi connectivity index (χ3v) is 5.97. The van der Waals surface area contributed by atoms with Gasteiger partial charge in [-0.3, -0.25) is 14.5 Å². The van der Waals surface area contributed by atoms with Gasteiger partial charge in [0.15, 0.2) is 9.84 Å². The van der Waals surface area contributed by atoms with Crippen LogP contribution in [-0.2, 0) is 16.4 Å². The Balaban J connectivity index is 1.70. The summed E-state index contributed by atoms with van der Waals surface area (Å²) in [5.74, 6) is 0.0318. The van der Waals surface area contributed by atoms with Gasteiger partial charge >= 0.3 is 0 Å². The highest BCUT2D eigenvalue weighted by Gasteiger charge is 2.31. The van der Waals surface area contributed by atoms with Crippen molar-refractivity contribution in [3.8, 4) is 0 Å². The Morgan fingerprint density at radius 2 is 2.17 bits per heavy atom. The molecule has 1 unspecified atom stereocenters. The van der Waals surface area contributed by atoms with Gasteiger partial charge in [-0.05, 0) is 32.4 Å². The van der Waals surface area contributed by atoms with Gasteiger partial charge in [-0.15, -0.1) is 0 Å². The average molecular weight is 348 g/mol. The Morgan fingerprint density at radius 1 is 1.38 bits per heavy atom. The summed E-state index contributed by atoms with van der Waals surface area (Å²) in [5, 5.41) is 7.06. The SMILES string of the molecule is Cc1cccc(CNC(=O)c2cnn(C3CCS(=O)(=O)C3)c2C)n1. The second kappa shape index (κ2) is 6.35. The van der Waals surface area contributed by atoms with Gasteiger partial charge in [0.05, 0.1) is 41.5 Å². The molecule has 8 heteroatoms. The van der Waals surface area contributed by atoms with Gasteiger partial charge < -0.3 is 5.32 Å². The maximum atomic E-state index is 12.4. The first-order chi connectivity index (χ1) is 11.4. The number of carbonyl (C=O) groups excluding carboxylic acids is 1. The van der Waals surface area contributed by atoms with Gasteiger partial charge in [0.25, 0.3) is 5.91 Å². The van der Waals surface area contributed by atoms with Crippen LogP contribution in [0, 0.1) is 13.8 Å². The summed E-state index contributed by atoms with van der Waals surface area (Å²) in [7, 11) is -2.99. The van der Waals surface area contributed by atoms with Gasteiger partial charge in [0.1, 0.15) is 0 Å². The van der Waals surface area contributed by atoms with Crippen LogP contribution in [0.25, 0.3) is 0 Å². The Labute approximate surface area is 141 Å². The fourth-order valence-electron chi connectivity index (χ4n) is 2.95. The molecule has 1 atom stereocenters. The van der Waals surface area contributed by atoms with Crippen molar-refractivity contribution in [1.82, 2.24) is 20.1 Å². The monoisotopic (exact) mass is 348 g/mol. The van der Waals surface area contributed by atoms with Gasteiger partial charge in [0, 0.05) is 11.4 Å². The predicted molar refractivity (Wildman–Crippen MR) is 89.4 cm³/mol. The molecule has 24 heavy (non-hydrogen) atoms. The van der Waals surface area contributed by atoms with Crippen LogP contribution in [0.15, 0.2) is 24.4 Å². The van der Waals surface area contributed by atoms with E-state index in [2.05, 4.69) is 15.4 Å². The summed E-state index contributed by atoms with van der Waals surface area (Å²) in [4.78, 5) is 16.7. The largest absolute Gasteiger partial charge is 0.346 e. The quantitative estimate of drug-likeness (QED) is 0.895. The summed E-state index contributed by atoms with van der Waals surface area (Å²) >= 11 is 0. The number of pyridine rings is 1. The number of sulfone groups is 1. The van der Waals surface area contributed by atoms with Crippen molar-refractivity contribution in [2.45, 2.75) is 32.9 Å². The number of aryl methyl sites for hydroxylation is 1. The van der Waals surface area contributed by atoms with Gasteiger partial charge in [-0.1, -0.05) is 6.07 Å². The number of amides is 1. The van der Waals surface area contributed by atoms with Crippen LogP contribution in [0.4, 0.5) is 0 Å². The molecule has 1 aliphatic heterocycles.